The van der Waals surface area contributed by atoms with Crippen molar-refractivity contribution in [1.29, 1.82) is 0 Å². The fourth-order valence-corrected chi connectivity index (χ4v) is 4.05. The number of rotatable bonds is 7. The quantitative estimate of drug-likeness (QED) is 0.500. The second-order valence-corrected chi connectivity index (χ2v) is 8.52. The number of hydrogen-bond acceptors (Lipinski definition) is 3. The Morgan fingerprint density at radius 1 is 1.21 bits per heavy atom. The van der Waals surface area contributed by atoms with Crippen LogP contribution in [0.25, 0.3) is 11.0 Å². The summed E-state index contributed by atoms with van der Waals surface area (Å²) in [5.74, 6) is 0.578. The standard InChI is InChI=1S/C25H30N2OS/c1-5-6-24(29-4)19-11-12-22(26)23(15-19)27-25(28)20-8-7-16(2)21(14-20)13-17(3)18-9-10-18/h6-8,11-15,18H,5,9-10,26H2,1-4H3,(H,27,28)/b17-13+,24-6-. The lowest BCUT2D eigenvalue weighted by Gasteiger charge is -2.13. The molecule has 3 N–H and O–H groups in total. The van der Waals surface area contributed by atoms with Crippen LogP contribution in [0.15, 0.2) is 48.0 Å². The number of carbonyl (C=O) groups is 1. The van der Waals surface area contributed by atoms with Crippen molar-refractivity contribution in [3.05, 3.63) is 70.3 Å². The summed E-state index contributed by atoms with van der Waals surface area (Å²) in [4.78, 5) is 14.1. The van der Waals surface area contributed by atoms with Crippen molar-refractivity contribution in [2.24, 2.45) is 5.92 Å². The van der Waals surface area contributed by atoms with Crippen molar-refractivity contribution in [3.8, 4) is 0 Å². The van der Waals surface area contributed by atoms with Gasteiger partial charge >= 0.3 is 0 Å². The normalized spacial score (nSPS) is 14.8. The maximum absolute atomic E-state index is 12.9. The lowest BCUT2D eigenvalue weighted by molar-refractivity contribution is 0.102. The summed E-state index contributed by atoms with van der Waals surface area (Å²) in [5.41, 5.74) is 12.8. The lowest BCUT2D eigenvalue weighted by atomic mass is 10.0. The highest BCUT2D eigenvalue weighted by atomic mass is 32.2. The minimum atomic E-state index is -0.141. The predicted molar refractivity (Wildman–Crippen MR) is 128 cm³/mol. The number of benzene rings is 2. The third kappa shape index (κ3) is 5.33. The topological polar surface area (TPSA) is 55.1 Å². The molecule has 3 rings (SSSR count). The van der Waals surface area contributed by atoms with E-state index in [1.807, 2.05) is 36.4 Å². The van der Waals surface area contributed by atoms with Crippen molar-refractivity contribution in [2.45, 2.75) is 40.0 Å². The van der Waals surface area contributed by atoms with Crippen LogP contribution >= 0.6 is 11.8 Å². The van der Waals surface area contributed by atoms with Crippen LogP contribution < -0.4 is 11.1 Å². The predicted octanol–water partition coefficient (Wildman–Crippen LogP) is 6.76. The van der Waals surface area contributed by atoms with Gasteiger partial charge < -0.3 is 11.1 Å². The molecule has 0 heterocycles. The van der Waals surface area contributed by atoms with Crippen LogP contribution in [0.3, 0.4) is 0 Å². The first kappa shape index (κ1) is 21.3. The zero-order valence-corrected chi connectivity index (χ0v) is 18.5. The SMILES string of the molecule is CC/C=C(\SC)c1ccc(N)c(NC(=O)c2ccc(C)c(/C=C(\C)C3CC3)c2)c1. The molecule has 3 nitrogen and oxygen atoms in total. The Labute approximate surface area is 178 Å². The van der Waals surface area contributed by atoms with Gasteiger partial charge in [0.05, 0.1) is 11.4 Å². The Morgan fingerprint density at radius 2 is 1.93 bits per heavy atom. The van der Waals surface area contributed by atoms with Crippen molar-refractivity contribution < 1.29 is 4.79 Å². The van der Waals surface area contributed by atoms with Crippen molar-refractivity contribution in [2.75, 3.05) is 17.3 Å². The molecule has 0 spiro atoms. The van der Waals surface area contributed by atoms with Gasteiger partial charge in [0.15, 0.2) is 0 Å². The number of amides is 1. The molecule has 4 heteroatoms. The summed E-state index contributed by atoms with van der Waals surface area (Å²) in [7, 11) is 0. The summed E-state index contributed by atoms with van der Waals surface area (Å²) < 4.78 is 0. The van der Waals surface area contributed by atoms with Crippen molar-refractivity contribution in [1.82, 2.24) is 0 Å². The van der Waals surface area contributed by atoms with E-state index >= 15 is 0 Å². The van der Waals surface area contributed by atoms with E-state index in [9.17, 15) is 4.79 Å². The molecule has 1 amide bonds. The van der Waals surface area contributed by atoms with Gasteiger partial charge in [-0.2, -0.15) is 0 Å². The summed E-state index contributed by atoms with van der Waals surface area (Å²) in [6, 6.07) is 11.7. The number of nitrogens with one attached hydrogen (secondary N) is 1. The maximum Gasteiger partial charge on any atom is 0.255 e. The van der Waals surface area contributed by atoms with Gasteiger partial charge in [-0.25, -0.2) is 0 Å². The van der Waals surface area contributed by atoms with Crippen LogP contribution in [-0.2, 0) is 0 Å². The molecule has 1 aliphatic rings. The molecule has 0 atom stereocenters. The molecule has 2 aromatic rings. The van der Waals surface area contributed by atoms with Gasteiger partial charge in [-0.15, -0.1) is 11.8 Å². The smallest absolute Gasteiger partial charge is 0.255 e. The third-order valence-electron chi connectivity index (χ3n) is 5.34. The van der Waals surface area contributed by atoms with Gasteiger partial charge in [0.25, 0.3) is 5.91 Å². The van der Waals surface area contributed by atoms with Gasteiger partial charge in [-0.05, 0) is 86.2 Å². The van der Waals surface area contributed by atoms with E-state index in [1.54, 1.807) is 11.8 Å². The lowest BCUT2D eigenvalue weighted by Crippen LogP contribution is -2.13. The highest BCUT2D eigenvalue weighted by molar-refractivity contribution is 8.07. The van der Waals surface area contributed by atoms with Crippen LogP contribution in [0.2, 0.25) is 0 Å². The minimum Gasteiger partial charge on any atom is -0.397 e. The summed E-state index contributed by atoms with van der Waals surface area (Å²) in [5, 5.41) is 3.00. The summed E-state index contributed by atoms with van der Waals surface area (Å²) in [6.07, 6.45) is 9.98. The Balaban J connectivity index is 1.85. The Hall–Kier alpha value is -2.46. The molecule has 0 bridgehead atoms. The fourth-order valence-electron chi connectivity index (χ4n) is 3.36. The fraction of sp³-hybridized carbons (Fsp3) is 0.320. The summed E-state index contributed by atoms with van der Waals surface area (Å²) >= 11 is 1.70. The number of anilines is 2. The Morgan fingerprint density at radius 3 is 2.59 bits per heavy atom. The second-order valence-electron chi connectivity index (χ2n) is 7.67. The van der Waals surface area contributed by atoms with Crippen LogP contribution in [-0.4, -0.2) is 12.2 Å². The van der Waals surface area contributed by atoms with Crippen LogP contribution in [0.4, 0.5) is 11.4 Å². The first-order valence-electron chi connectivity index (χ1n) is 10.2. The van der Waals surface area contributed by atoms with Gasteiger partial charge in [-0.1, -0.05) is 36.8 Å². The van der Waals surface area contributed by atoms with E-state index < -0.39 is 0 Å². The molecule has 0 unspecified atom stereocenters. The van der Waals surface area contributed by atoms with E-state index in [4.69, 9.17) is 5.73 Å². The van der Waals surface area contributed by atoms with Crippen LogP contribution in [0, 0.1) is 12.8 Å². The van der Waals surface area contributed by atoms with E-state index in [0.717, 1.165) is 23.5 Å². The van der Waals surface area contributed by atoms with Crippen molar-refractivity contribution >= 4 is 40.0 Å². The Bertz CT molecular complexity index is 971. The minimum absolute atomic E-state index is 0.141. The number of hydrogen-bond donors (Lipinski definition) is 2. The highest BCUT2D eigenvalue weighted by Gasteiger charge is 2.23. The highest BCUT2D eigenvalue weighted by Crippen LogP contribution is 2.37. The molecule has 0 aliphatic heterocycles. The Kier molecular flexibility index (Phi) is 6.86. The van der Waals surface area contributed by atoms with Crippen molar-refractivity contribution in [3.63, 3.8) is 0 Å². The molecule has 2 aromatic carbocycles. The molecule has 29 heavy (non-hydrogen) atoms. The van der Waals surface area contributed by atoms with E-state index in [2.05, 4.69) is 44.5 Å². The number of allylic oxidation sites excluding steroid dienone is 2. The number of carbonyl (C=O) groups excluding carboxylic acids is 1. The zero-order valence-electron chi connectivity index (χ0n) is 17.7. The molecule has 1 saturated carbocycles. The summed E-state index contributed by atoms with van der Waals surface area (Å²) in [6.45, 7) is 6.38. The number of thioether (sulfide) groups is 1. The first-order chi connectivity index (χ1) is 13.9. The van der Waals surface area contributed by atoms with Crippen LogP contribution in [0.1, 0.15) is 60.2 Å². The monoisotopic (exact) mass is 406 g/mol. The van der Waals surface area contributed by atoms with Crippen LogP contribution in [0.5, 0.6) is 0 Å². The van der Waals surface area contributed by atoms with Gasteiger partial charge in [-0.3, -0.25) is 4.79 Å². The number of aryl methyl sites for hydroxylation is 1. The molecule has 0 saturated heterocycles. The largest absolute Gasteiger partial charge is 0.397 e. The molecule has 152 valence electrons. The second kappa shape index (κ2) is 9.36. The number of nitrogen functional groups attached to an aromatic ring is 1. The first-order valence-corrected chi connectivity index (χ1v) is 11.4. The molecule has 1 fully saturated rings. The van der Waals surface area contributed by atoms with Gasteiger partial charge in [0.2, 0.25) is 0 Å². The average molecular weight is 407 g/mol. The average Bonchev–Trinajstić information content (AvgIpc) is 3.55. The van der Waals surface area contributed by atoms with E-state index in [-0.39, 0.29) is 5.91 Å². The maximum atomic E-state index is 12.9. The zero-order chi connectivity index (χ0) is 21.0. The van der Waals surface area contributed by atoms with E-state index in [0.29, 0.717) is 16.9 Å². The molecule has 0 radical (unpaired) electrons. The molecular weight excluding hydrogens is 376 g/mol. The van der Waals surface area contributed by atoms with E-state index in [1.165, 1.54) is 28.9 Å². The molecule has 1 aliphatic carbocycles. The van der Waals surface area contributed by atoms with Gasteiger partial charge in [0, 0.05) is 10.5 Å². The molecular formula is C25H30N2OS. The third-order valence-corrected chi connectivity index (χ3v) is 6.18. The molecule has 0 aromatic heterocycles. The number of nitrogens with two attached hydrogens (primary N) is 1. The van der Waals surface area contributed by atoms with Gasteiger partial charge in [0.1, 0.15) is 0 Å².